The fourth-order valence-corrected chi connectivity index (χ4v) is 2.19. The Balaban J connectivity index is 1.97. The van der Waals surface area contributed by atoms with E-state index in [4.69, 9.17) is 18.9 Å². The molecule has 0 spiro atoms. The number of carbonyl (C=O) groups is 4. The first-order valence-electron chi connectivity index (χ1n) is 8.18. The zero-order valence-corrected chi connectivity index (χ0v) is 15.3. The minimum Gasteiger partial charge on any atom is -0.496 e. The molecule has 0 bridgehead atoms. The van der Waals surface area contributed by atoms with E-state index in [0.717, 1.165) is 0 Å². The Labute approximate surface area is 161 Å². The van der Waals surface area contributed by atoms with Crippen LogP contribution in [0.4, 0.5) is 0 Å². The molecule has 0 amide bonds. The van der Waals surface area contributed by atoms with Gasteiger partial charge in [0, 0.05) is 0 Å². The Hall–Kier alpha value is -3.68. The third-order valence-corrected chi connectivity index (χ3v) is 3.43. The smallest absolute Gasteiger partial charge is 0.344 e. The van der Waals surface area contributed by atoms with Gasteiger partial charge < -0.3 is 18.9 Å². The summed E-state index contributed by atoms with van der Waals surface area (Å²) in [6.07, 6.45) is -0.417. The molecule has 8 nitrogen and oxygen atoms in total. The van der Waals surface area contributed by atoms with Gasteiger partial charge in [-0.1, -0.05) is 24.3 Å². The molecule has 0 heterocycles. The Morgan fingerprint density at radius 1 is 0.786 bits per heavy atom. The van der Waals surface area contributed by atoms with Gasteiger partial charge in [-0.3, -0.25) is 9.59 Å². The van der Waals surface area contributed by atoms with E-state index in [9.17, 15) is 19.2 Å². The Kier molecular flexibility index (Phi) is 7.27. The van der Waals surface area contributed by atoms with Gasteiger partial charge in [-0.15, -0.1) is 0 Å². The van der Waals surface area contributed by atoms with Gasteiger partial charge in [-0.05, 0) is 31.2 Å². The quantitative estimate of drug-likeness (QED) is 0.295. The van der Waals surface area contributed by atoms with E-state index in [2.05, 4.69) is 0 Å². The van der Waals surface area contributed by atoms with Gasteiger partial charge in [-0.2, -0.15) is 0 Å². The molecule has 8 heteroatoms. The number of carbonyl (C=O) groups excluding carboxylic acids is 4. The van der Waals surface area contributed by atoms with E-state index in [0.29, 0.717) is 5.75 Å². The first-order valence-corrected chi connectivity index (χ1v) is 8.18. The van der Waals surface area contributed by atoms with E-state index >= 15 is 0 Å². The molecule has 0 aromatic heterocycles. The molecule has 0 saturated heterocycles. The van der Waals surface area contributed by atoms with Gasteiger partial charge in [0.2, 0.25) is 6.79 Å². The topological polar surface area (TPSA) is 105 Å². The molecule has 0 fully saturated rings. The summed E-state index contributed by atoms with van der Waals surface area (Å²) in [6, 6.07) is 12.3. The second kappa shape index (κ2) is 9.86. The molecule has 0 aliphatic carbocycles. The van der Waals surface area contributed by atoms with Crippen molar-refractivity contribution in [2.75, 3.05) is 13.9 Å². The zero-order chi connectivity index (χ0) is 20.5. The van der Waals surface area contributed by atoms with Gasteiger partial charge in [0.15, 0.2) is 0 Å². The van der Waals surface area contributed by atoms with Gasteiger partial charge in [0.1, 0.15) is 34.8 Å². The van der Waals surface area contributed by atoms with E-state index in [1.807, 2.05) is 0 Å². The van der Waals surface area contributed by atoms with Crippen LogP contribution >= 0.6 is 0 Å². The van der Waals surface area contributed by atoms with Crippen LogP contribution in [0.2, 0.25) is 0 Å². The highest BCUT2D eigenvalue weighted by atomic mass is 16.7. The SMILES string of the molecule is COc1ccccc1C(=O)OCOC(=O)c1ccccc1OC(=O)CC(C)=O. The number of ether oxygens (including phenoxy) is 4. The predicted molar refractivity (Wildman–Crippen MR) is 96.1 cm³/mol. The van der Waals surface area contributed by atoms with Crippen molar-refractivity contribution in [3.8, 4) is 11.5 Å². The van der Waals surface area contributed by atoms with E-state index < -0.39 is 31.1 Å². The second-order valence-electron chi connectivity index (χ2n) is 5.53. The third kappa shape index (κ3) is 5.66. The largest absolute Gasteiger partial charge is 0.496 e. The molecular weight excluding hydrogens is 368 g/mol. The second-order valence-corrected chi connectivity index (χ2v) is 5.53. The fourth-order valence-electron chi connectivity index (χ4n) is 2.19. The number of benzene rings is 2. The van der Waals surface area contributed by atoms with Gasteiger partial charge in [0.25, 0.3) is 0 Å². The number of para-hydroxylation sites is 2. The van der Waals surface area contributed by atoms with Crippen LogP contribution in [-0.4, -0.2) is 37.6 Å². The fraction of sp³-hybridized carbons (Fsp3) is 0.200. The lowest BCUT2D eigenvalue weighted by atomic mass is 10.2. The van der Waals surface area contributed by atoms with Crippen LogP contribution in [-0.2, 0) is 19.1 Å². The molecule has 2 rings (SSSR count). The summed E-state index contributed by atoms with van der Waals surface area (Å²) in [7, 11) is 1.41. The van der Waals surface area contributed by atoms with Crippen LogP contribution in [0.5, 0.6) is 11.5 Å². The van der Waals surface area contributed by atoms with Crippen LogP contribution in [0.3, 0.4) is 0 Å². The van der Waals surface area contributed by atoms with Crippen molar-refractivity contribution >= 4 is 23.7 Å². The monoisotopic (exact) mass is 386 g/mol. The Bertz CT molecular complexity index is 887. The Morgan fingerprint density at radius 3 is 1.82 bits per heavy atom. The molecule has 0 saturated carbocycles. The molecule has 146 valence electrons. The van der Waals surface area contributed by atoms with E-state index in [1.165, 1.54) is 32.2 Å². The van der Waals surface area contributed by atoms with Crippen molar-refractivity contribution in [1.82, 2.24) is 0 Å². The van der Waals surface area contributed by atoms with Crippen LogP contribution < -0.4 is 9.47 Å². The zero-order valence-electron chi connectivity index (χ0n) is 15.3. The minimum atomic E-state index is -0.862. The molecule has 2 aromatic rings. The van der Waals surface area contributed by atoms with E-state index in [1.54, 1.807) is 30.3 Å². The average Bonchev–Trinajstić information content (AvgIpc) is 2.67. The molecule has 0 N–H and O–H groups in total. The number of Topliss-reactive ketones (excluding diaryl/α,β-unsaturated/α-hetero) is 1. The maximum Gasteiger partial charge on any atom is 0.344 e. The number of rotatable bonds is 8. The van der Waals surface area contributed by atoms with Crippen molar-refractivity contribution in [2.45, 2.75) is 13.3 Å². The summed E-state index contributed by atoms with van der Waals surface area (Å²) in [4.78, 5) is 46.9. The molecule has 2 aromatic carbocycles. The molecule has 0 aliphatic rings. The highest BCUT2D eigenvalue weighted by molar-refractivity contribution is 5.97. The van der Waals surface area contributed by atoms with E-state index in [-0.39, 0.29) is 22.7 Å². The maximum absolute atomic E-state index is 12.2. The predicted octanol–water partition coefficient (Wildman–Crippen LogP) is 2.55. The average molecular weight is 386 g/mol. The van der Waals surface area contributed by atoms with Gasteiger partial charge >= 0.3 is 17.9 Å². The summed E-state index contributed by atoms with van der Waals surface area (Å²) in [5, 5.41) is 0. The maximum atomic E-state index is 12.2. The highest BCUT2D eigenvalue weighted by Crippen LogP contribution is 2.20. The first-order chi connectivity index (χ1) is 13.4. The highest BCUT2D eigenvalue weighted by Gasteiger charge is 2.18. The van der Waals surface area contributed by atoms with Crippen molar-refractivity contribution in [1.29, 1.82) is 0 Å². The van der Waals surface area contributed by atoms with Crippen molar-refractivity contribution < 1.29 is 38.1 Å². The lowest BCUT2D eigenvalue weighted by Crippen LogP contribution is -2.17. The van der Waals surface area contributed by atoms with Crippen molar-refractivity contribution in [3.63, 3.8) is 0 Å². The summed E-state index contributed by atoms with van der Waals surface area (Å²) in [6.45, 7) is 0.600. The van der Waals surface area contributed by atoms with Gasteiger partial charge in [-0.25, -0.2) is 9.59 Å². The molecule has 28 heavy (non-hydrogen) atoms. The van der Waals surface area contributed by atoms with Crippen LogP contribution in [0.25, 0.3) is 0 Å². The number of ketones is 1. The lowest BCUT2D eigenvalue weighted by Gasteiger charge is -2.11. The van der Waals surface area contributed by atoms with Crippen LogP contribution in [0, 0.1) is 0 Å². The van der Waals surface area contributed by atoms with Crippen molar-refractivity contribution in [2.24, 2.45) is 0 Å². The van der Waals surface area contributed by atoms with Crippen LogP contribution in [0.15, 0.2) is 48.5 Å². The summed E-state index contributed by atoms with van der Waals surface area (Å²) in [5.74, 6) is -2.49. The van der Waals surface area contributed by atoms with Crippen molar-refractivity contribution in [3.05, 3.63) is 59.7 Å². The molecule has 0 radical (unpaired) electrons. The number of hydrogen-bond acceptors (Lipinski definition) is 8. The Morgan fingerprint density at radius 2 is 1.29 bits per heavy atom. The number of hydrogen-bond donors (Lipinski definition) is 0. The minimum absolute atomic E-state index is 0.0484. The standard InChI is InChI=1S/C20H18O8/c1-13(21)11-18(22)28-17-10-6-4-8-15(17)20(24)27-12-26-19(23)14-7-3-5-9-16(14)25-2/h3-10H,11-12H2,1-2H3. The molecule has 0 aliphatic heterocycles. The summed E-state index contributed by atoms with van der Waals surface area (Å²) < 4.78 is 19.9. The third-order valence-electron chi connectivity index (χ3n) is 3.43. The number of methoxy groups -OCH3 is 1. The first kappa shape index (κ1) is 20.6. The van der Waals surface area contributed by atoms with Crippen LogP contribution in [0.1, 0.15) is 34.1 Å². The normalized spacial score (nSPS) is 9.93. The molecular formula is C20H18O8. The summed E-state index contributed by atoms with van der Waals surface area (Å²) >= 11 is 0. The lowest BCUT2D eigenvalue weighted by molar-refractivity contribution is -0.137. The molecule has 0 unspecified atom stereocenters. The summed E-state index contributed by atoms with van der Waals surface area (Å²) in [5.41, 5.74) is 0.132. The molecule has 0 atom stereocenters. The van der Waals surface area contributed by atoms with Gasteiger partial charge in [0.05, 0.1) is 7.11 Å². The number of esters is 3.